The second-order valence-corrected chi connectivity index (χ2v) is 4.58. The van der Waals surface area contributed by atoms with E-state index in [1.807, 2.05) is 0 Å². The van der Waals surface area contributed by atoms with Gasteiger partial charge >= 0.3 is 5.97 Å². The molecule has 2 rings (SSSR count). The normalized spacial score (nSPS) is 22.7. The summed E-state index contributed by atoms with van der Waals surface area (Å²) < 4.78 is 0. The molecule has 0 bridgehead atoms. The summed E-state index contributed by atoms with van der Waals surface area (Å²) in [5.41, 5.74) is 0.135. The van der Waals surface area contributed by atoms with Gasteiger partial charge in [-0.05, 0) is 25.0 Å². The summed E-state index contributed by atoms with van der Waals surface area (Å²) in [6.07, 6.45) is 2.06. The highest BCUT2D eigenvalue weighted by Crippen LogP contribution is 2.25. The summed E-state index contributed by atoms with van der Waals surface area (Å²) in [6.45, 7) is 0. The fraction of sp³-hybridized carbons (Fsp3) is 0.455. The van der Waals surface area contributed by atoms with Crippen molar-refractivity contribution in [1.29, 1.82) is 0 Å². The van der Waals surface area contributed by atoms with Crippen LogP contribution in [0.4, 0.5) is 0 Å². The van der Waals surface area contributed by atoms with Gasteiger partial charge in [-0.3, -0.25) is 9.59 Å². The minimum Gasteiger partial charge on any atom is -0.481 e. The molecule has 96 valence electrons. The molecule has 2 atom stereocenters. The minimum absolute atomic E-state index is 0.135. The highest BCUT2D eigenvalue weighted by atomic mass is 35.5. The Morgan fingerprint density at radius 1 is 1.33 bits per heavy atom. The third kappa shape index (κ3) is 2.76. The van der Waals surface area contributed by atoms with Crippen molar-refractivity contribution in [1.82, 2.24) is 15.5 Å². The summed E-state index contributed by atoms with van der Waals surface area (Å²) in [5.74, 6) is -1.81. The predicted octanol–water partition coefficient (Wildman–Crippen LogP) is 1.11. The lowest BCUT2D eigenvalue weighted by atomic mass is 10.0. The van der Waals surface area contributed by atoms with E-state index in [9.17, 15) is 9.59 Å². The minimum atomic E-state index is -0.875. The van der Waals surface area contributed by atoms with E-state index in [-0.39, 0.29) is 16.9 Å². The van der Waals surface area contributed by atoms with Crippen molar-refractivity contribution in [2.75, 3.05) is 0 Å². The van der Waals surface area contributed by atoms with E-state index in [1.54, 1.807) is 0 Å². The van der Waals surface area contributed by atoms with Gasteiger partial charge in [-0.15, -0.1) is 10.2 Å². The summed E-state index contributed by atoms with van der Waals surface area (Å²) >= 11 is 5.57. The number of rotatable bonds is 3. The summed E-state index contributed by atoms with van der Waals surface area (Å²) in [6, 6.07) is 2.58. The number of halogens is 1. The maximum Gasteiger partial charge on any atom is 0.308 e. The van der Waals surface area contributed by atoms with Crippen molar-refractivity contribution in [2.45, 2.75) is 25.3 Å². The lowest BCUT2D eigenvalue weighted by Crippen LogP contribution is -2.40. The van der Waals surface area contributed by atoms with Gasteiger partial charge in [0.05, 0.1) is 5.92 Å². The second-order valence-electron chi connectivity index (χ2n) is 4.20. The monoisotopic (exact) mass is 269 g/mol. The van der Waals surface area contributed by atoms with Gasteiger partial charge in [0.1, 0.15) is 0 Å². The Balaban J connectivity index is 2.03. The van der Waals surface area contributed by atoms with Gasteiger partial charge in [-0.1, -0.05) is 18.0 Å². The summed E-state index contributed by atoms with van der Waals surface area (Å²) in [4.78, 5) is 22.8. The number of hydrogen-bond donors (Lipinski definition) is 2. The van der Waals surface area contributed by atoms with E-state index in [2.05, 4.69) is 15.5 Å². The Morgan fingerprint density at radius 3 is 2.72 bits per heavy atom. The van der Waals surface area contributed by atoms with Crippen molar-refractivity contribution < 1.29 is 14.7 Å². The Labute approximate surface area is 108 Å². The van der Waals surface area contributed by atoms with Gasteiger partial charge in [0.25, 0.3) is 5.91 Å². The lowest BCUT2D eigenvalue weighted by Gasteiger charge is -2.16. The number of hydrogen-bond acceptors (Lipinski definition) is 4. The van der Waals surface area contributed by atoms with E-state index in [0.29, 0.717) is 12.8 Å². The van der Waals surface area contributed by atoms with Gasteiger partial charge in [0.2, 0.25) is 0 Å². The van der Waals surface area contributed by atoms with Crippen LogP contribution >= 0.6 is 11.6 Å². The smallest absolute Gasteiger partial charge is 0.308 e. The van der Waals surface area contributed by atoms with E-state index >= 15 is 0 Å². The zero-order valence-electron chi connectivity index (χ0n) is 9.47. The third-order valence-corrected chi connectivity index (χ3v) is 3.22. The number of aliphatic carboxylic acids is 1. The summed E-state index contributed by atoms with van der Waals surface area (Å²) in [7, 11) is 0. The van der Waals surface area contributed by atoms with Gasteiger partial charge in [-0.2, -0.15) is 0 Å². The Kier molecular flexibility index (Phi) is 3.76. The standard InChI is InChI=1S/C11H12ClN3O3/c12-9-5-4-8(14-15-9)10(16)13-7-3-1-2-6(7)11(17)18/h4-7H,1-3H2,(H,13,16)(H,17,18). The molecule has 2 unspecified atom stereocenters. The topological polar surface area (TPSA) is 92.2 Å². The number of nitrogens with one attached hydrogen (secondary N) is 1. The largest absolute Gasteiger partial charge is 0.481 e. The molecule has 1 heterocycles. The molecule has 1 amide bonds. The molecule has 7 heteroatoms. The van der Waals surface area contributed by atoms with Gasteiger partial charge in [-0.25, -0.2) is 0 Å². The van der Waals surface area contributed by atoms with Crippen LogP contribution in [0.1, 0.15) is 29.8 Å². The van der Waals surface area contributed by atoms with Crippen LogP contribution < -0.4 is 5.32 Å². The number of aromatic nitrogens is 2. The molecule has 0 spiro atoms. The molecule has 0 saturated heterocycles. The summed E-state index contributed by atoms with van der Waals surface area (Å²) in [5, 5.41) is 19.1. The molecular formula is C11H12ClN3O3. The third-order valence-electron chi connectivity index (χ3n) is 3.01. The second kappa shape index (κ2) is 5.30. The first-order chi connectivity index (χ1) is 8.58. The predicted molar refractivity (Wildman–Crippen MR) is 63.3 cm³/mol. The molecule has 1 aliphatic rings. The molecule has 0 aromatic carbocycles. The number of carbonyl (C=O) groups is 2. The first kappa shape index (κ1) is 12.8. The number of carbonyl (C=O) groups excluding carboxylic acids is 1. The molecule has 1 aromatic heterocycles. The van der Waals surface area contributed by atoms with Crippen LogP contribution in [0.25, 0.3) is 0 Å². The van der Waals surface area contributed by atoms with Crippen LogP contribution in [0.2, 0.25) is 5.15 Å². The van der Waals surface area contributed by atoms with Crippen LogP contribution in [0.15, 0.2) is 12.1 Å². The van der Waals surface area contributed by atoms with Crippen LogP contribution in [0, 0.1) is 5.92 Å². The van der Waals surface area contributed by atoms with Crippen molar-refractivity contribution in [3.05, 3.63) is 23.0 Å². The fourth-order valence-electron chi connectivity index (χ4n) is 2.11. The van der Waals surface area contributed by atoms with Crippen molar-refractivity contribution in [2.24, 2.45) is 5.92 Å². The van der Waals surface area contributed by atoms with E-state index < -0.39 is 17.8 Å². The first-order valence-corrected chi connectivity index (χ1v) is 5.98. The molecule has 0 radical (unpaired) electrons. The van der Waals surface area contributed by atoms with E-state index in [1.165, 1.54) is 12.1 Å². The van der Waals surface area contributed by atoms with Crippen molar-refractivity contribution in [3.63, 3.8) is 0 Å². The molecule has 18 heavy (non-hydrogen) atoms. The number of amides is 1. The molecular weight excluding hydrogens is 258 g/mol. The van der Waals surface area contributed by atoms with Gasteiger partial charge < -0.3 is 10.4 Å². The highest BCUT2D eigenvalue weighted by molar-refractivity contribution is 6.29. The molecule has 1 fully saturated rings. The van der Waals surface area contributed by atoms with E-state index in [0.717, 1.165) is 6.42 Å². The van der Waals surface area contributed by atoms with Gasteiger partial charge in [0.15, 0.2) is 10.8 Å². The lowest BCUT2D eigenvalue weighted by molar-refractivity contribution is -0.142. The molecule has 1 saturated carbocycles. The Hall–Kier alpha value is -1.69. The molecule has 6 nitrogen and oxygen atoms in total. The Bertz CT molecular complexity index is 463. The Morgan fingerprint density at radius 2 is 2.11 bits per heavy atom. The number of carboxylic acid groups (broad SMARTS) is 1. The van der Waals surface area contributed by atoms with Crippen molar-refractivity contribution >= 4 is 23.5 Å². The first-order valence-electron chi connectivity index (χ1n) is 5.61. The van der Waals surface area contributed by atoms with E-state index in [4.69, 9.17) is 16.7 Å². The molecule has 2 N–H and O–H groups in total. The van der Waals surface area contributed by atoms with Crippen LogP contribution in [-0.4, -0.2) is 33.2 Å². The number of nitrogens with zero attached hydrogens (tertiary/aromatic N) is 2. The van der Waals surface area contributed by atoms with Crippen LogP contribution in [-0.2, 0) is 4.79 Å². The maximum absolute atomic E-state index is 11.8. The van der Waals surface area contributed by atoms with Gasteiger partial charge in [0, 0.05) is 6.04 Å². The average Bonchev–Trinajstić information content (AvgIpc) is 2.78. The fourth-order valence-corrected chi connectivity index (χ4v) is 2.21. The SMILES string of the molecule is O=C(NC1CCCC1C(=O)O)c1ccc(Cl)nn1. The average molecular weight is 270 g/mol. The molecule has 1 aliphatic carbocycles. The highest BCUT2D eigenvalue weighted by Gasteiger charge is 2.34. The van der Waals surface area contributed by atoms with Crippen molar-refractivity contribution in [3.8, 4) is 0 Å². The van der Waals surface area contributed by atoms with Crippen LogP contribution in [0.5, 0.6) is 0 Å². The maximum atomic E-state index is 11.8. The zero-order valence-corrected chi connectivity index (χ0v) is 10.2. The molecule has 0 aliphatic heterocycles. The quantitative estimate of drug-likeness (QED) is 0.858. The number of carboxylic acids is 1. The van der Waals surface area contributed by atoms with Crippen LogP contribution in [0.3, 0.4) is 0 Å². The zero-order chi connectivity index (χ0) is 13.1. The molecule has 1 aromatic rings.